The SMILES string of the molecule is C=C1CCCC1.C=C=C1CC=C(C(=C=C)Cc2cccc(-c3cccc(-c4cc(F)c(CC)c(/C=C\C)c4)c3CC)c2C=C)C(=O)CC1.CC.CC.CC.[HH]. The molecule has 1 nitrogen and oxygen atoms in total. The lowest BCUT2D eigenvalue weighted by Gasteiger charge is -2.19. The zero-order chi connectivity index (χ0) is 40.6. The Kier molecular flexibility index (Phi) is 22.9. The maximum Gasteiger partial charge on any atom is 0.163 e. The minimum atomic E-state index is -0.175. The van der Waals surface area contributed by atoms with Crippen LogP contribution in [-0.4, -0.2) is 5.78 Å². The average molecular weight is 729 g/mol. The van der Waals surface area contributed by atoms with Gasteiger partial charge in [0.25, 0.3) is 0 Å². The molecule has 0 radical (unpaired) electrons. The fourth-order valence-electron chi connectivity index (χ4n) is 6.86. The van der Waals surface area contributed by atoms with Crippen LogP contribution in [0.3, 0.4) is 0 Å². The summed E-state index contributed by atoms with van der Waals surface area (Å²) in [5.74, 6) is -0.0755. The fourth-order valence-corrected chi connectivity index (χ4v) is 6.86. The molecular weight excluding hydrogens is 660 g/mol. The Labute approximate surface area is 330 Å². The normalized spacial score (nSPS) is 13.2. The van der Waals surface area contributed by atoms with E-state index in [1.165, 1.54) is 31.3 Å². The van der Waals surface area contributed by atoms with E-state index >= 15 is 4.39 Å². The predicted octanol–water partition coefficient (Wildman–Crippen LogP) is 16.0. The van der Waals surface area contributed by atoms with Crippen LogP contribution in [0.15, 0.2) is 121 Å². The third-order valence-electron chi connectivity index (χ3n) is 9.43. The molecule has 0 bridgehead atoms. The molecule has 5 rings (SSSR count). The predicted molar refractivity (Wildman–Crippen MR) is 241 cm³/mol. The summed E-state index contributed by atoms with van der Waals surface area (Å²) in [6.07, 6.45) is 16.9. The van der Waals surface area contributed by atoms with E-state index < -0.39 is 0 Å². The molecule has 0 spiro atoms. The van der Waals surface area contributed by atoms with E-state index in [4.69, 9.17) is 0 Å². The van der Waals surface area contributed by atoms with Gasteiger partial charge in [-0.15, -0.1) is 11.5 Å². The van der Waals surface area contributed by atoms with E-state index in [0.29, 0.717) is 37.7 Å². The Hall–Kier alpha value is -4.74. The van der Waals surface area contributed by atoms with E-state index in [-0.39, 0.29) is 13.0 Å². The molecule has 1 fully saturated rings. The highest BCUT2D eigenvalue weighted by Crippen LogP contribution is 2.38. The number of benzene rings is 3. The van der Waals surface area contributed by atoms with Crippen LogP contribution >= 0.6 is 0 Å². The first kappa shape index (κ1) is 47.3. The van der Waals surface area contributed by atoms with Gasteiger partial charge >= 0.3 is 0 Å². The average Bonchev–Trinajstić information content (AvgIpc) is 3.62. The van der Waals surface area contributed by atoms with Crippen LogP contribution in [0.25, 0.3) is 34.4 Å². The van der Waals surface area contributed by atoms with E-state index in [2.05, 4.69) is 75.0 Å². The molecule has 54 heavy (non-hydrogen) atoms. The van der Waals surface area contributed by atoms with Crippen LogP contribution in [0.1, 0.15) is 137 Å². The van der Waals surface area contributed by atoms with Crippen molar-refractivity contribution in [1.82, 2.24) is 0 Å². The van der Waals surface area contributed by atoms with E-state index in [1.807, 2.05) is 91.8 Å². The van der Waals surface area contributed by atoms with Gasteiger partial charge in [-0.25, -0.2) is 4.39 Å². The Balaban J connectivity index is 0.00000197. The Morgan fingerprint density at radius 1 is 0.852 bits per heavy atom. The standard InChI is InChI=1S/C40H39FO.C6H10.3C2H6.H2/c1-7-15-29-25-31(26-39(41)33(29)11-5)35-17-14-19-38(34(35)12-6)37-18-13-16-30(32(37)10-4)24-28(9-3)36-22-20-27(8-2)21-23-40(36)42;1-6-4-2-3-5-6;3*1-2;/h7,10,13-19,22,25-26H,2-4,11-12,20-21,23-24H2,1,5-6H3;1-5H2;3*1-2H3;1H/b15-7-;;;;;. The van der Waals surface area contributed by atoms with Crippen molar-refractivity contribution in [3.05, 3.63) is 154 Å². The van der Waals surface area contributed by atoms with Crippen LogP contribution in [0.5, 0.6) is 0 Å². The van der Waals surface area contributed by atoms with Gasteiger partial charge in [-0.2, -0.15) is 0 Å². The summed E-state index contributed by atoms with van der Waals surface area (Å²) in [5, 5.41) is 0. The van der Waals surface area contributed by atoms with Gasteiger partial charge in [0, 0.05) is 25.4 Å². The molecule has 3 aromatic carbocycles. The maximum atomic E-state index is 15.3. The summed E-state index contributed by atoms with van der Waals surface area (Å²) >= 11 is 0. The molecule has 1 saturated carbocycles. The highest BCUT2D eigenvalue weighted by molar-refractivity contribution is 6.00. The second kappa shape index (κ2) is 26.1. The van der Waals surface area contributed by atoms with Crippen LogP contribution < -0.4 is 0 Å². The van der Waals surface area contributed by atoms with Crippen molar-refractivity contribution in [1.29, 1.82) is 0 Å². The van der Waals surface area contributed by atoms with Crippen molar-refractivity contribution in [2.75, 3.05) is 0 Å². The van der Waals surface area contributed by atoms with E-state index in [9.17, 15) is 4.79 Å². The van der Waals surface area contributed by atoms with Crippen LogP contribution in [-0.2, 0) is 24.1 Å². The first-order valence-corrected chi connectivity index (χ1v) is 20.3. The number of carbonyl (C=O) groups excluding carboxylic acids is 1. The third kappa shape index (κ3) is 12.7. The summed E-state index contributed by atoms with van der Waals surface area (Å²) in [7, 11) is 0. The Morgan fingerprint density at radius 3 is 2.00 bits per heavy atom. The van der Waals surface area contributed by atoms with Gasteiger partial charge in [0.15, 0.2) is 5.78 Å². The molecule has 0 saturated heterocycles. The number of halogens is 1. The molecule has 0 unspecified atom stereocenters. The quantitative estimate of drug-likeness (QED) is 0.158. The molecule has 290 valence electrons. The summed E-state index contributed by atoms with van der Waals surface area (Å²) in [4.78, 5) is 13.0. The summed E-state index contributed by atoms with van der Waals surface area (Å²) < 4.78 is 15.3. The summed E-state index contributed by atoms with van der Waals surface area (Å²) in [5.41, 5.74) is 18.9. The van der Waals surface area contributed by atoms with Crippen molar-refractivity contribution in [2.45, 2.75) is 127 Å². The van der Waals surface area contributed by atoms with Crippen molar-refractivity contribution < 1.29 is 10.6 Å². The molecular formula is C52H69FO. The molecule has 0 heterocycles. The van der Waals surface area contributed by atoms with Crippen LogP contribution in [0.4, 0.5) is 4.39 Å². The summed E-state index contributed by atoms with van der Waals surface area (Å²) in [6, 6.07) is 16.2. The zero-order valence-electron chi connectivity index (χ0n) is 35.1. The lowest BCUT2D eigenvalue weighted by Crippen LogP contribution is -2.06. The second-order valence-corrected chi connectivity index (χ2v) is 12.5. The highest BCUT2D eigenvalue weighted by atomic mass is 19.1. The Morgan fingerprint density at radius 2 is 1.46 bits per heavy atom. The van der Waals surface area contributed by atoms with Gasteiger partial charge in [-0.05, 0) is 126 Å². The molecule has 3 aromatic rings. The number of ketones is 1. The zero-order valence-corrected chi connectivity index (χ0v) is 35.1. The molecule has 0 aromatic heterocycles. The van der Waals surface area contributed by atoms with E-state index in [1.54, 1.807) is 6.07 Å². The largest absolute Gasteiger partial charge is 0.294 e. The van der Waals surface area contributed by atoms with Gasteiger partial charge in [0.2, 0.25) is 0 Å². The van der Waals surface area contributed by atoms with Gasteiger partial charge in [-0.3, -0.25) is 4.79 Å². The third-order valence-corrected chi connectivity index (χ3v) is 9.43. The van der Waals surface area contributed by atoms with Gasteiger partial charge in [-0.1, -0.05) is 148 Å². The lowest BCUT2D eigenvalue weighted by atomic mass is 9.85. The first-order valence-electron chi connectivity index (χ1n) is 20.3. The van der Waals surface area contributed by atoms with Crippen molar-refractivity contribution in [3.8, 4) is 22.3 Å². The Bertz CT molecular complexity index is 1860. The van der Waals surface area contributed by atoms with Gasteiger partial charge in [0.05, 0.1) is 0 Å². The number of allylic oxidation sites excluding steroid dienone is 6. The number of hydrogen-bond donors (Lipinski definition) is 0. The number of hydrogen-bond acceptors (Lipinski definition) is 1. The van der Waals surface area contributed by atoms with Gasteiger partial charge in [0.1, 0.15) is 5.82 Å². The minimum Gasteiger partial charge on any atom is -0.294 e. The lowest BCUT2D eigenvalue weighted by molar-refractivity contribution is -0.115. The molecule has 0 atom stereocenters. The van der Waals surface area contributed by atoms with Crippen molar-refractivity contribution in [3.63, 3.8) is 0 Å². The topological polar surface area (TPSA) is 17.1 Å². The number of rotatable bonds is 9. The highest BCUT2D eigenvalue weighted by Gasteiger charge is 2.21. The second-order valence-electron chi connectivity index (χ2n) is 12.5. The molecule has 2 aliphatic rings. The van der Waals surface area contributed by atoms with E-state index in [0.717, 1.165) is 67.6 Å². The number of carbonyl (C=O) groups is 1. The monoisotopic (exact) mass is 729 g/mol. The molecule has 0 amide bonds. The van der Waals surface area contributed by atoms with Crippen LogP contribution in [0.2, 0.25) is 0 Å². The fraction of sp³-hybridized carbons (Fsp3) is 0.365. The number of Topliss-reactive ketones (excluding diaryl/α,β-unsaturated/α-hetero) is 1. The van der Waals surface area contributed by atoms with Crippen molar-refractivity contribution in [2.24, 2.45) is 0 Å². The van der Waals surface area contributed by atoms with Crippen molar-refractivity contribution >= 4 is 17.9 Å². The van der Waals surface area contributed by atoms with Gasteiger partial charge < -0.3 is 0 Å². The first-order chi connectivity index (χ1) is 26.3. The molecule has 0 N–H and O–H groups in total. The maximum absolute atomic E-state index is 15.3. The smallest absolute Gasteiger partial charge is 0.163 e. The van der Waals surface area contributed by atoms with Crippen LogP contribution in [0, 0.1) is 5.82 Å². The summed E-state index contributed by atoms with van der Waals surface area (Å²) in [6.45, 7) is 33.8. The molecule has 0 aliphatic heterocycles. The minimum absolute atomic E-state index is 0. The molecule has 2 heteroatoms. The molecule has 2 aliphatic carbocycles.